The smallest absolute Gasteiger partial charge is 0.264 e. The molecule has 1 atom stereocenters. The van der Waals surface area contributed by atoms with Gasteiger partial charge in [0.25, 0.3) is 10.0 Å². The van der Waals surface area contributed by atoms with Gasteiger partial charge in [-0.15, -0.1) is 11.8 Å². The van der Waals surface area contributed by atoms with Crippen molar-refractivity contribution in [2.75, 3.05) is 23.7 Å². The first-order valence-electron chi connectivity index (χ1n) is 11.0. The van der Waals surface area contributed by atoms with Gasteiger partial charge in [0.05, 0.1) is 23.2 Å². The van der Waals surface area contributed by atoms with Gasteiger partial charge in [-0.05, 0) is 81.1 Å². The number of benzene rings is 3. The Labute approximate surface area is 206 Å². The first-order valence-corrected chi connectivity index (χ1v) is 13.7. The van der Waals surface area contributed by atoms with Gasteiger partial charge in [0.2, 0.25) is 5.91 Å². The van der Waals surface area contributed by atoms with Gasteiger partial charge >= 0.3 is 0 Å². The van der Waals surface area contributed by atoms with E-state index in [-0.39, 0.29) is 17.5 Å². The Kier molecular flexibility index (Phi) is 8.63. The van der Waals surface area contributed by atoms with Crippen molar-refractivity contribution in [1.82, 2.24) is 5.32 Å². The quantitative estimate of drug-likeness (QED) is 0.390. The number of anilines is 1. The van der Waals surface area contributed by atoms with Crippen LogP contribution in [0.5, 0.6) is 5.75 Å². The molecule has 1 N–H and O–H groups in total. The number of carbonyl (C=O) groups excluding carboxylic acids is 1. The molecule has 0 aliphatic heterocycles. The SMILES string of the molecule is CCOc1ccc(N(CC(=O)NC(C)c2ccc(C)cc2)S(=O)(=O)c2ccc(SC)cc2)cc1. The van der Waals surface area contributed by atoms with Crippen molar-refractivity contribution in [3.05, 3.63) is 83.9 Å². The summed E-state index contributed by atoms with van der Waals surface area (Å²) < 4.78 is 33.8. The summed E-state index contributed by atoms with van der Waals surface area (Å²) in [5, 5.41) is 2.92. The number of thioether (sulfide) groups is 1. The molecule has 3 aromatic carbocycles. The van der Waals surface area contributed by atoms with E-state index in [2.05, 4.69) is 5.32 Å². The number of rotatable bonds is 10. The molecule has 0 heterocycles. The Morgan fingerprint density at radius 1 is 1.00 bits per heavy atom. The molecule has 8 heteroatoms. The van der Waals surface area contributed by atoms with Crippen LogP contribution in [0.4, 0.5) is 5.69 Å². The van der Waals surface area contributed by atoms with Crippen LogP contribution in [0.1, 0.15) is 31.0 Å². The predicted octanol–water partition coefficient (Wildman–Crippen LogP) is 5.19. The Bertz CT molecular complexity index is 1190. The second-order valence-electron chi connectivity index (χ2n) is 7.81. The fraction of sp³-hybridized carbons (Fsp3) is 0.269. The van der Waals surface area contributed by atoms with Crippen molar-refractivity contribution in [3.8, 4) is 5.75 Å². The van der Waals surface area contributed by atoms with Crippen LogP contribution in [0.15, 0.2) is 82.6 Å². The number of aryl methyl sites for hydroxylation is 1. The third kappa shape index (κ3) is 6.33. The van der Waals surface area contributed by atoms with E-state index in [0.29, 0.717) is 18.0 Å². The van der Waals surface area contributed by atoms with Crippen molar-refractivity contribution in [2.45, 2.75) is 36.6 Å². The molecule has 0 aromatic heterocycles. The van der Waals surface area contributed by atoms with E-state index < -0.39 is 15.9 Å². The molecule has 0 saturated heterocycles. The van der Waals surface area contributed by atoms with Gasteiger partial charge in [-0.1, -0.05) is 29.8 Å². The van der Waals surface area contributed by atoms with E-state index in [1.807, 2.05) is 51.3 Å². The molecule has 0 aliphatic carbocycles. The number of amides is 1. The lowest BCUT2D eigenvalue weighted by Gasteiger charge is -2.25. The molecule has 0 saturated carbocycles. The summed E-state index contributed by atoms with van der Waals surface area (Å²) in [6.45, 7) is 5.90. The van der Waals surface area contributed by atoms with Gasteiger partial charge in [-0.3, -0.25) is 9.10 Å². The number of nitrogens with zero attached hydrogens (tertiary/aromatic N) is 1. The molecular weight excluding hydrogens is 468 g/mol. The summed E-state index contributed by atoms with van der Waals surface area (Å²) in [4.78, 5) is 14.1. The average Bonchev–Trinajstić information content (AvgIpc) is 2.83. The van der Waals surface area contributed by atoms with E-state index in [4.69, 9.17) is 4.74 Å². The minimum absolute atomic E-state index is 0.124. The molecule has 0 fully saturated rings. The highest BCUT2D eigenvalue weighted by Gasteiger charge is 2.28. The Balaban J connectivity index is 1.88. The zero-order valence-electron chi connectivity index (χ0n) is 19.8. The van der Waals surface area contributed by atoms with Crippen LogP contribution in [0.3, 0.4) is 0 Å². The highest BCUT2D eigenvalue weighted by atomic mass is 32.2. The maximum Gasteiger partial charge on any atom is 0.264 e. The minimum Gasteiger partial charge on any atom is -0.494 e. The molecule has 1 unspecified atom stereocenters. The summed E-state index contributed by atoms with van der Waals surface area (Å²) in [5.74, 6) is 0.233. The second-order valence-corrected chi connectivity index (χ2v) is 10.6. The number of ether oxygens (including phenoxy) is 1. The zero-order valence-corrected chi connectivity index (χ0v) is 21.4. The van der Waals surface area contributed by atoms with Crippen LogP contribution in [0.25, 0.3) is 0 Å². The second kappa shape index (κ2) is 11.4. The van der Waals surface area contributed by atoms with Gasteiger partial charge < -0.3 is 10.1 Å². The van der Waals surface area contributed by atoms with Gasteiger partial charge in [0, 0.05) is 4.90 Å². The fourth-order valence-electron chi connectivity index (χ4n) is 3.42. The van der Waals surface area contributed by atoms with E-state index in [0.717, 1.165) is 20.3 Å². The maximum atomic E-state index is 13.6. The Morgan fingerprint density at radius 2 is 1.62 bits per heavy atom. The topological polar surface area (TPSA) is 75.7 Å². The Morgan fingerprint density at radius 3 is 2.18 bits per heavy atom. The summed E-state index contributed by atoms with van der Waals surface area (Å²) in [6, 6.07) is 20.9. The molecule has 0 aliphatic rings. The summed E-state index contributed by atoms with van der Waals surface area (Å²) in [5.41, 5.74) is 2.46. The van der Waals surface area contributed by atoms with Crippen LogP contribution < -0.4 is 14.4 Å². The molecule has 6 nitrogen and oxygen atoms in total. The number of nitrogens with one attached hydrogen (secondary N) is 1. The van der Waals surface area contributed by atoms with Crippen molar-refractivity contribution < 1.29 is 17.9 Å². The molecule has 3 rings (SSSR count). The number of sulfonamides is 1. The monoisotopic (exact) mass is 498 g/mol. The minimum atomic E-state index is -3.98. The molecule has 34 heavy (non-hydrogen) atoms. The van der Waals surface area contributed by atoms with E-state index in [1.165, 1.54) is 11.8 Å². The zero-order chi connectivity index (χ0) is 24.7. The first-order chi connectivity index (χ1) is 16.2. The van der Waals surface area contributed by atoms with Crippen molar-refractivity contribution >= 4 is 33.4 Å². The third-order valence-corrected chi connectivity index (χ3v) is 7.86. The Hall–Kier alpha value is -2.97. The normalized spacial score (nSPS) is 12.1. The number of hydrogen-bond acceptors (Lipinski definition) is 5. The summed E-state index contributed by atoms with van der Waals surface area (Å²) in [6.07, 6.45) is 1.93. The standard InChI is InChI=1S/C26H30N2O4S2/c1-5-32-23-12-10-22(11-13-23)28(34(30,31)25-16-14-24(33-4)15-17-25)18-26(29)27-20(3)21-8-6-19(2)7-9-21/h6-17,20H,5,18H2,1-4H3,(H,27,29). The molecule has 0 radical (unpaired) electrons. The van der Waals surface area contributed by atoms with Crippen LogP contribution in [-0.2, 0) is 14.8 Å². The van der Waals surface area contributed by atoms with Crippen molar-refractivity contribution in [1.29, 1.82) is 0 Å². The van der Waals surface area contributed by atoms with Crippen LogP contribution in [0.2, 0.25) is 0 Å². The van der Waals surface area contributed by atoms with Gasteiger partial charge in [-0.25, -0.2) is 8.42 Å². The molecule has 0 bridgehead atoms. The first kappa shape index (κ1) is 25.6. The van der Waals surface area contributed by atoms with Gasteiger partial charge in [-0.2, -0.15) is 0 Å². The third-order valence-electron chi connectivity index (χ3n) is 5.33. The highest BCUT2D eigenvalue weighted by Crippen LogP contribution is 2.27. The molecule has 1 amide bonds. The van der Waals surface area contributed by atoms with Crippen LogP contribution in [-0.4, -0.2) is 33.7 Å². The predicted molar refractivity (Wildman–Crippen MR) is 138 cm³/mol. The van der Waals surface area contributed by atoms with E-state index in [1.54, 1.807) is 48.5 Å². The average molecular weight is 499 g/mol. The van der Waals surface area contributed by atoms with Crippen LogP contribution in [0, 0.1) is 6.92 Å². The summed E-state index contributed by atoms with van der Waals surface area (Å²) >= 11 is 1.53. The maximum absolute atomic E-state index is 13.6. The van der Waals surface area contributed by atoms with Crippen molar-refractivity contribution in [3.63, 3.8) is 0 Å². The van der Waals surface area contributed by atoms with Crippen LogP contribution >= 0.6 is 11.8 Å². The van der Waals surface area contributed by atoms with E-state index in [9.17, 15) is 13.2 Å². The molecule has 3 aromatic rings. The van der Waals surface area contributed by atoms with Crippen molar-refractivity contribution in [2.24, 2.45) is 0 Å². The summed E-state index contributed by atoms with van der Waals surface area (Å²) in [7, 11) is -3.98. The lowest BCUT2D eigenvalue weighted by atomic mass is 10.1. The number of carbonyl (C=O) groups is 1. The van der Waals surface area contributed by atoms with Gasteiger partial charge in [0.15, 0.2) is 0 Å². The molecular formula is C26H30N2O4S2. The lowest BCUT2D eigenvalue weighted by molar-refractivity contribution is -0.120. The number of hydrogen-bond donors (Lipinski definition) is 1. The lowest BCUT2D eigenvalue weighted by Crippen LogP contribution is -2.41. The highest BCUT2D eigenvalue weighted by molar-refractivity contribution is 7.98. The molecule has 180 valence electrons. The van der Waals surface area contributed by atoms with E-state index >= 15 is 0 Å². The molecule has 0 spiro atoms. The van der Waals surface area contributed by atoms with Gasteiger partial charge in [0.1, 0.15) is 12.3 Å². The largest absolute Gasteiger partial charge is 0.494 e. The fourth-order valence-corrected chi connectivity index (χ4v) is 5.25.